The summed E-state index contributed by atoms with van der Waals surface area (Å²) >= 11 is 1.28. The maximum atomic E-state index is 11.1. The van der Waals surface area contributed by atoms with E-state index in [9.17, 15) is 8.42 Å². The Bertz CT molecular complexity index is 623. The number of nitrogens with two attached hydrogens (primary N) is 2. The van der Waals surface area contributed by atoms with E-state index in [1.165, 1.54) is 30.2 Å². The highest BCUT2D eigenvalue weighted by Crippen LogP contribution is 2.28. The summed E-state index contributed by atoms with van der Waals surface area (Å²) in [4.78, 5) is 4.58. The molecule has 0 aliphatic heterocycles. The molecule has 2 rings (SSSR count). The van der Waals surface area contributed by atoms with Crippen molar-refractivity contribution in [3.05, 3.63) is 24.5 Å². The van der Waals surface area contributed by atoms with Gasteiger partial charge in [-0.15, -0.1) is 0 Å². The largest absolute Gasteiger partial charge is 0.398 e. The lowest BCUT2D eigenvalue weighted by atomic mass is 10.3. The van der Waals surface area contributed by atoms with Crippen molar-refractivity contribution in [2.45, 2.75) is 14.9 Å². The van der Waals surface area contributed by atoms with Crippen molar-refractivity contribution in [3.8, 4) is 0 Å². The third kappa shape index (κ3) is 2.75. The second-order valence-electron chi connectivity index (χ2n) is 3.14. The molecule has 0 radical (unpaired) electrons. The predicted molar refractivity (Wildman–Crippen MR) is 62.7 cm³/mol. The number of hydrogen-bond donors (Lipinski definition) is 3. The molecule has 0 atom stereocenters. The van der Waals surface area contributed by atoms with Gasteiger partial charge in [0.05, 0.1) is 5.69 Å². The molecule has 1 aromatic carbocycles. The minimum Gasteiger partial charge on any atom is -0.398 e. The molecule has 0 spiro atoms. The monoisotopic (exact) mass is 271 g/mol. The Morgan fingerprint density at radius 3 is 2.65 bits per heavy atom. The highest BCUT2D eigenvalue weighted by atomic mass is 32.2. The third-order valence-electron chi connectivity index (χ3n) is 1.90. The van der Waals surface area contributed by atoms with Gasteiger partial charge in [0.25, 0.3) is 0 Å². The Labute approximate surface area is 102 Å². The van der Waals surface area contributed by atoms with Crippen LogP contribution in [0.3, 0.4) is 0 Å². The number of aromatic nitrogens is 3. The number of primary sulfonamides is 1. The molecule has 2 aromatic rings. The van der Waals surface area contributed by atoms with Crippen molar-refractivity contribution >= 4 is 27.5 Å². The highest BCUT2D eigenvalue weighted by Gasteiger charge is 2.12. The summed E-state index contributed by atoms with van der Waals surface area (Å²) in [6.45, 7) is 0. The zero-order valence-corrected chi connectivity index (χ0v) is 10.1. The fourth-order valence-electron chi connectivity index (χ4n) is 1.20. The number of nitrogens with one attached hydrogen (secondary N) is 1. The third-order valence-corrected chi connectivity index (χ3v) is 3.76. The fourth-order valence-corrected chi connectivity index (χ4v) is 2.59. The first kappa shape index (κ1) is 11.9. The van der Waals surface area contributed by atoms with E-state index in [1.54, 1.807) is 6.07 Å². The minimum atomic E-state index is -3.78. The smallest absolute Gasteiger partial charge is 0.240 e. The van der Waals surface area contributed by atoms with Crippen molar-refractivity contribution in [1.29, 1.82) is 0 Å². The van der Waals surface area contributed by atoms with Gasteiger partial charge in [-0.25, -0.2) is 18.5 Å². The van der Waals surface area contributed by atoms with Gasteiger partial charge in [0, 0.05) is 4.90 Å². The average Bonchev–Trinajstić information content (AvgIpc) is 2.68. The lowest BCUT2D eigenvalue weighted by molar-refractivity contribution is 0.598. The molecule has 0 amide bonds. The van der Waals surface area contributed by atoms with E-state index in [0.29, 0.717) is 5.16 Å². The molecule has 17 heavy (non-hydrogen) atoms. The molecular formula is C8H9N5O2S2. The van der Waals surface area contributed by atoms with Crippen molar-refractivity contribution in [2.75, 3.05) is 5.73 Å². The second-order valence-corrected chi connectivity index (χ2v) is 5.73. The van der Waals surface area contributed by atoms with Gasteiger partial charge in [-0.3, -0.25) is 5.10 Å². The van der Waals surface area contributed by atoms with Crippen LogP contribution in [0.2, 0.25) is 0 Å². The molecule has 7 nitrogen and oxygen atoms in total. The molecule has 90 valence electrons. The zero-order valence-electron chi connectivity index (χ0n) is 8.49. The van der Waals surface area contributed by atoms with E-state index >= 15 is 0 Å². The molecule has 0 aliphatic carbocycles. The molecule has 0 saturated carbocycles. The highest BCUT2D eigenvalue weighted by molar-refractivity contribution is 7.99. The average molecular weight is 271 g/mol. The van der Waals surface area contributed by atoms with Gasteiger partial charge >= 0.3 is 0 Å². The van der Waals surface area contributed by atoms with Crippen LogP contribution >= 0.6 is 11.8 Å². The van der Waals surface area contributed by atoms with E-state index in [1.807, 2.05) is 0 Å². The van der Waals surface area contributed by atoms with Crippen LogP contribution in [0.4, 0.5) is 5.69 Å². The Kier molecular flexibility index (Phi) is 3.05. The van der Waals surface area contributed by atoms with Crippen LogP contribution in [0.5, 0.6) is 0 Å². The second kappa shape index (κ2) is 4.35. The topological polar surface area (TPSA) is 128 Å². The molecular weight excluding hydrogens is 262 g/mol. The van der Waals surface area contributed by atoms with Crippen LogP contribution < -0.4 is 10.9 Å². The number of nitrogen functional groups attached to an aromatic ring is 1. The number of anilines is 1. The van der Waals surface area contributed by atoms with Crippen LogP contribution in [0, 0.1) is 0 Å². The molecule has 0 aliphatic rings. The van der Waals surface area contributed by atoms with E-state index in [2.05, 4.69) is 15.2 Å². The number of sulfonamides is 1. The number of H-pyrrole nitrogens is 1. The van der Waals surface area contributed by atoms with Gasteiger partial charge in [-0.1, -0.05) is 11.8 Å². The van der Waals surface area contributed by atoms with Crippen LogP contribution in [-0.4, -0.2) is 23.6 Å². The van der Waals surface area contributed by atoms with Gasteiger partial charge in [-0.05, 0) is 18.2 Å². The van der Waals surface area contributed by atoms with Gasteiger partial charge in [0.15, 0.2) is 5.16 Å². The Balaban J connectivity index is 2.32. The number of benzene rings is 1. The summed E-state index contributed by atoms with van der Waals surface area (Å²) in [5, 5.41) is 12.0. The maximum absolute atomic E-state index is 11.1. The fraction of sp³-hybridized carbons (Fsp3) is 0. The Hall–Kier alpha value is -1.58. The van der Waals surface area contributed by atoms with Crippen molar-refractivity contribution in [1.82, 2.24) is 15.2 Å². The van der Waals surface area contributed by atoms with Crippen molar-refractivity contribution in [3.63, 3.8) is 0 Å². The first-order chi connectivity index (χ1) is 7.97. The van der Waals surface area contributed by atoms with Gasteiger partial charge in [0.2, 0.25) is 10.0 Å². The van der Waals surface area contributed by atoms with E-state index < -0.39 is 10.0 Å². The predicted octanol–water partition coefficient (Wildman–Crippen LogP) is 0.185. The summed E-state index contributed by atoms with van der Waals surface area (Å²) in [6.07, 6.45) is 1.38. The summed E-state index contributed by atoms with van der Waals surface area (Å²) in [5.41, 5.74) is 5.73. The molecule has 0 bridgehead atoms. The first-order valence-electron chi connectivity index (χ1n) is 4.42. The lowest BCUT2D eigenvalue weighted by Gasteiger charge is -2.04. The molecule has 1 aromatic heterocycles. The van der Waals surface area contributed by atoms with E-state index in [4.69, 9.17) is 10.9 Å². The number of hydrogen-bond acceptors (Lipinski definition) is 6. The summed E-state index contributed by atoms with van der Waals surface area (Å²) in [5.74, 6) is 0. The number of aromatic amines is 1. The van der Waals surface area contributed by atoms with Gasteiger partial charge in [0.1, 0.15) is 11.2 Å². The Morgan fingerprint density at radius 1 is 1.35 bits per heavy atom. The number of rotatable bonds is 3. The molecule has 0 saturated heterocycles. The molecule has 0 unspecified atom stereocenters. The summed E-state index contributed by atoms with van der Waals surface area (Å²) in [7, 11) is -3.78. The molecule has 1 heterocycles. The molecule has 5 N–H and O–H groups in total. The van der Waals surface area contributed by atoms with Crippen molar-refractivity contribution < 1.29 is 8.42 Å². The Morgan fingerprint density at radius 2 is 2.12 bits per heavy atom. The quantitative estimate of drug-likeness (QED) is 0.683. The minimum absolute atomic E-state index is 0.0839. The first-order valence-corrected chi connectivity index (χ1v) is 6.78. The molecule has 9 heteroatoms. The van der Waals surface area contributed by atoms with E-state index in [0.717, 1.165) is 4.90 Å². The summed E-state index contributed by atoms with van der Waals surface area (Å²) < 4.78 is 22.3. The summed E-state index contributed by atoms with van der Waals surface area (Å²) in [6, 6.07) is 4.49. The van der Waals surface area contributed by atoms with E-state index in [-0.39, 0.29) is 10.6 Å². The zero-order chi connectivity index (χ0) is 12.5. The van der Waals surface area contributed by atoms with Crippen LogP contribution in [-0.2, 0) is 10.0 Å². The van der Waals surface area contributed by atoms with Crippen LogP contribution in [0.1, 0.15) is 0 Å². The van der Waals surface area contributed by atoms with Gasteiger partial charge < -0.3 is 5.73 Å². The number of nitrogens with zero attached hydrogens (tertiary/aromatic N) is 2. The SMILES string of the molecule is Nc1cc(Sc2ncn[nH]2)ccc1S(N)(=O)=O. The van der Waals surface area contributed by atoms with Crippen molar-refractivity contribution in [2.24, 2.45) is 5.14 Å². The lowest BCUT2D eigenvalue weighted by Crippen LogP contribution is -2.14. The normalized spacial score (nSPS) is 11.6. The standard InChI is InChI=1S/C8H9N5O2S2/c9-6-3-5(16-8-11-4-12-13-8)1-2-7(6)17(10,14)15/h1-4H,9H2,(H2,10,14,15)(H,11,12,13). The molecule has 0 fully saturated rings. The van der Waals surface area contributed by atoms with Crippen LogP contribution in [0.25, 0.3) is 0 Å². The van der Waals surface area contributed by atoms with Gasteiger partial charge in [-0.2, -0.15) is 5.10 Å². The van der Waals surface area contributed by atoms with Crippen LogP contribution in [0.15, 0.2) is 39.5 Å². The maximum Gasteiger partial charge on any atom is 0.240 e.